The maximum absolute atomic E-state index is 12.2. The third-order valence-electron chi connectivity index (χ3n) is 3.76. The van der Waals surface area contributed by atoms with Gasteiger partial charge in [0.15, 0.2) is 0 Å². The monoisotopic (exact) mass is 233 g/mol. The smallest absolute Gasteiger partial charge is 0.231 e. The molecule has 1 aromatic carbocycles. The summed E-state index contributed by atoms with van der Waals surface area (Å²) in [6.45, 7) is 6.03. The van der Waals surface area contributed by atoms with Crippen LogP contribution in [-0.2, 0) is 4.79 Å². The van der Waals surface area contributed by atoms with Gasteiger partial charge in [0.05, 0.1) is 17.6 Å². The number of hydrogen-bond acceptors (Lipinski definition) is 2. The highest BCUT2D eigenvalue weighted by Crippen LogP contribution is 2.36. The molecule has 3 heteroatoms. The maximum Gasteiger partial charge on any atom is 0.231 e. The number of likely N-dealkylation sites (tertiary alicyclic amines) is 1. The van der Waals surface area contributed by atoms with Crippen molar-refractivity contribution in [1.29, 1.82) is 0 Å². The van der Waals surface area contributed by atoms with Crippen LogP contribution >= 0.6 is 0 Å². The third kappa shape index (κ3) is 1.95. The number of carbonyl (C=O) groups excluding carboxylic acids is 1. The maximum atomic E-state index is 12.2. The van der Waals surface area contributed by atoms with Gasteiger partial charge in [-0.05, 0) is 26.3 Å². The molecule has 1 amide bonds. The number of benzene rings is 1. The van der Waals surface area contributed by atoms with Gasteiger partial charge in [-0.15, -0.1) is 0 Å². The van der Waals surface area contributed by atoms with Gasteiger partial charge in [-0.25, -0.2) is 0 Å². The first-order valence-corrected chi connectivity index (χ1v) is 5.98. The van der Waals surface area contributed by atoms with Gasteiger partial charge in [0.1, 0.15) is 0 Å². The molecule has 0 aromatic heterocycles. The fraction of sp³-hybridized carbons (Fsp3) is 0.500. The minimum Gasteiger partial charge on any atom is -0.390 e. The Morgan fingerprint density at radius 3 is 2.41 bits per heavy atom. The second kappa shape index (κ2) is 4.15. The minimum atomic E-state index is -0.664. The average molecular weight is 233 g/mol. The van der Waals surface area contributed by atoms with E-state index in [0.717, 1.165) is 5.56 Å². The highest BCUT2D eigenvalue weighted by molar-refractivity contribution is 5.85. The lowest BCUT2D eigenvalue weighted by Gasteiger charge is -2.26. The highest BCUT2D eigenvalue weighted by atomic mass is 16.3. The molecule has 1 aromatic rings. The van der Waals surface area contributed by atoms with Crippen LogP contribution in [0.5, 0.6) is 0 Å². The molecule has 1 aliphatic rings. The highest BCUT2D eigenvalue weighted by Gasteiger charge is 2.47. The molecule has 2 atom stereocenters. The van der Waals surface area contributed by atoms with Crippen LogP contribution in [0.1, 0.15) is 32.4 Å². The molecule has 1 saturated heterocycles. The zero-order chi connectivity index (χ0) is 12.6. The van der Waals surface area contributed by atoms with Crippen molar-refractivity contribution in [2.75, 3.05) is 6.54 Å². The molecule has 17 heavy (non-hydrogen) atoms. The summed E-state index contributed by atoms with van der Waals surface area (Å²) >= 11 is 0. The lowest BCUT2D eigenvalue weighted by atomic mass is 9.89. The van der Waals surface area contributed by atoms with Crippen molar-refractivity contribution >= 4 is 5.91 Å². The van der Waals surface area contributed by atoms with E-state index in [9.17, 15) is 9.90 Å². The van der Waals surface area contributed by atoms with Gasteiger partial charge in [0.2, 0.25) is 5.91 Å². The first-order chi connectivity index (χ1) is 7.94. The fourth-order valence-corrected chi connectivity index (χ4v) is 2.26. The van der Waals surface area contributed by atoms with Crippen LogP contribution in [0.3, 0.4) is 0 Å². The van der Waals surface area contributed by atoms with Crippen LogP contribution in [0.2, 0.25) is 0 Å². The van der Waals surface area contributed by atoms with Crippen molar-refractivity contribution in [3.63, 3.8) is 0 Å². The van der Waals surface area contributed by atoms with Crippen LogP contribution in [-0.4, -0.2) is 28.6 Å². The Morgan fingerprint density at radius 2 is 1.94 bits per heavy atom. The molecule has 1 fully saturated rings. The SMILES string of the molecule is CC(c1ccccc1)N1CC(O)C(C)(C)C1=O. The van der Waals surface area contributed by atoms with Gasteiger partial charge < -0.3 is 10.0 Å². The van der Waals surface area contributed by atoms with Crippen molar-refractivity contribution in [2.24, 2.45) is 5.41 Å². The van der Waals surface area contributed by atoms with E-state index in [1.54, 1.807) is 18.7 Å². The lowest BCUT2D eigenvalue weighted by molar-refractivity contribution is -0.137. The quantitative estimate of drug-likeness (QED) is 0.848. The summed E-state index contributed by atoms with van der Waals surface area (Å²) in [6, 6.07) is 9.92. The van der Waals surface area contributed by atoms with E-state index < -0.39 is 11.5 Å². The van der Waals surface area contributed by atoms with Crippen molar-refractivity contribution in [1.82, 2.24) is 4.90 Å². The van der Waals surface area contributed by atoms with E-state index in [1.807, 2.05) is 37.3 Å². The number of aliphatic hydroxyl groups is 1. The predicted octanol–water partition coefficient (Wildman–Crippen LogP) is 1.98. The number of aliphatic hydroxyl groups excluding tert-OH is 1. The zero-order valence-corrected chi connectivity index (χ0v) is 10.6. The van der Waals surface area contributed by atoms with Crippen molar-refractivity contribution in [2.45, 2.75) is 32.9 Å². The summed E-state index contributed by atoms with van der Waals surface area (Å²) in [6.07, 6.45) is -0.582. The summed E-state index contributed by atoms with van der Waals surface area (Å²) < 4.78 is 0. The summed E-state index contributed by atoms with van der Waals surface area (Å²) in [5.41, 5.74) is 0.439. The number of rotatable bonds is 2. The third-order valence-corrected chi connectivity index (χ3v) is 3.76. The van der Waals surface area contributed by atoms with Crippen LogP contribution in [0.15, 0.2) is 30.3 Å². The molecule has 2 unspecified atom stereocenters. The molecule has 1 N–H and O–H groups in total. The van der Waals surface area contributed by atoms with Crippen LogP contribution in [0, 0.1) is 5.41 Å². The molecule has 1 heterocycles. The number of amides is 1. The van der Waals surface area contributed by atoms with Crippen LogP contribution < -0.4 is 0 Å². The number of nitrogens with zero attached hydrogens (tertiary/aromatic N) is 1. The van der Waals surface area contributed by atoms with E-state index in [2.05, 4.69) is 0 Å². The number of carbonyl (C=O) groups is 1. The van der Waals surface area contributed by atoms with Crippen LogP contribution in [0.4, 0.5) is 0 Å². The molecular formula is C14H19NO2. The van der Waals surface area contributed by atoms with Gasteiger partial charge in [-0.1, -0.05) is 30.3 Å². The molecule has 2 rings (SSSR count). The molecule has 0 spiro atoms. The minimum absolute atomic E-state index is 0.0140. The molecular weight excluding hydrogens is 214 g/mol. The van der Waals surface area contributed by atoms with E-state index in [0.29, 0.717) is 6.54 Å². The molecule has 3 nitrogen and oxygen atoms in total. The van der Waals surface area contributed by atoms with E-state index in [-0.39, 0.29) is 11.9 Å². The summed E-state index contributed by atoms with van der Waals surface area (Å²) in [5.74, 6) is 0.0290. The van der Waals surface area contributed by atoms with Gasteiger partial charge in [-0.2, -0.15) is 0 Å². The fourth-order valence-electron chi connectivity index (χ4n) is 2.26. The second-order valence-electron chi connectivity index (χ2n) is 5.28. The van der Waals surface area contributed by atoms with Gasteiger partial charge in [-0.3, -0.25) is 4.79 Å². The molecule has 0 aliphatic carbocycles. The normalized spacial score (nSPS) is 25.1. The first-order valence-electron chi connectivity index (χ1n) is 5.98. The van der Waals surface area contributed by atoms with E-state index in [4.69, 9.17) is 0 Å². The summed E-state index contributed by atoms with van der Waals surface area (Å²) in [4.78, 5) is 14.0. The number of β-amino-alcohol motifs (C(OH)–C–C–N with tert-alkyl or cyclic N) is 1. The summed E-state index contributed by atoms with van der Waals surface area (Å²) in [7, 11) is 0. The Balaban J connectivity index is 2.23. The molecule has 92 valence electrons. The molecule has 0 bridgehead atoms. The Hall–Kier alpha value is -1.35. The lowest BCUT2D eigenvalue weighted by Crippen LogP contribution is -2.34. The summed E-state index contributed by atoms with van der Waals surface area (Å²) in [5, 5.41) is 9.93. The van der Waals surface area contributed by atoms with Crippen molar-refractivity contribution < 1.29 is 9.90 Å². The van der Waals surface area contributed by atoms with Crippen molar-refractivity contribution in [3.05, 3.63) is 35.9 Å². The van der Waals surface area contributed by atoms with E-state index >= 15 is 0 Å². The van der Waals surface area contributed by atoms with Gasteiger partial charge >= 0.3 is 0 Å². The Labute approximate surface area is 102 Å². The zero-order valence-electron chi connectivity index (χ0n) is 10.6. The topological polar surface area (TPSA) is 40.5 Å². The Bertz CT molecular complexity index is 413. The van der Waals surface area contributed by atoms with E-state index in [1.165, 1.54) is 0 Å². The standard InChI is InChI=1S/C14H19NO2/c1-10(11-7-5-4-6-8-11)15-9-12(16)14(2,3)13(15)17/h4-8,10,12,16H,9H2,1-3H3. The first kappa shape index (κ1) is 12.1. The van der Waals surface area contributed by atoms with Crippen molar-refractivity contribution in [3.8, 4) is 0 Å². The number of hydrogen-bond donors (Lipinski definition) is 1. The molecule has 0 radical (unpaired) electrons. The second-order valence-corrected chi connectivity index (χ2v) is 5.28. The Kier molecular flexibility index (Phi) is 2.96. The largest absolute Gasteiger partial charge is 0.390 e. The van der Waals surface area contributed by atoms with Crippen LogP contribution in [0.25, 0.3) is 0 Å². The Morgan fingerprint density at radius 1 is 1.35 bits per heavy atom. The van der Waals surface area contributed by atoms with Gasteiger partial charge in [0, 0.05) is 6.54 Å². The average Bonchev–Trinajstić information content (AvgIpc) is 2.53. The molecule has 0 saturated carbocycles. The molecule has 1 aliphatic heterocycles. The van der Waals surface area contributed by atoms with Gasteiger partial charge in [0.25, 0.3) is 0 Å². The predicted molar refractivity (Wildman–Crippen MR) is 66.4 cm³/mol.